The molecule has 0 aromatic rings. The molecule has 0 radical (unpaired) electrons. The van der Waals surface area contributed by atoms with E-state index in [0.29, 0.717) is 11.8 Å². The number of esters is 1. The summed E-state index contributed by atoms with van der Waals surface area (Å²) in [6, 6.07) is 0. The van der Waals surface area contributed by atoms with E-state index in [-0.39, 0.29) is 22.9 Å². The van der Waals surface area contributed by atoms with Gasteiger partial charge in [-0.25, -0.2) is 0 Å². The van der Waals surface area contributed by atoms with Crippen LogP contribution in [-0.2, 0) is 9.53 Å². The van der Waals surface area contributed by atoms with Crippen LogP contribution < -0.4 is 0 Å². The van der Waals surface area contributed by atoms with Crippen LogP contribution in [0.2, 0.25) is 0 Å². The number of oxime groups is 1. The molecule has 0 aromatic carbocycles. The number of allylic oxidation sites excluding steroid dienone is 1. The highest BCUT2D eigenvalue weighted by Crippen LogP contribution is 2.64. The van der Waals surface area contributed by atoms with E-state index >= 15 is 0 Å². The maximum absolute atomic E-state index is 11.3. The van der Waals surface area contributed by atoms with Crippen LogP contribution in [0, 0.1) is 28.6 Å². The average molecular weight is 345 g/mol. The van der Waals surface area contributed by atoms with Crippen LogP contribution in [0.4, 0.5) is 0 Å². The van der Waals surface area contributed by atoms with Crippen molar-refractivity contribution in [1.82, 2.24) is 0 Å². The first kappa shape index (κ1) is 17.1. The molecule has 0 unspecified atom stereocenters. The van der Waals surface area contributed by atoms with Gasteiger partial charge in [-0.05, 0) is 68.1 Å². The van der Waals surface area contributed by atoms with Gasteiger partial charge in [0.05, 0.1) is 5.71 Å². The molecule has 0 amide bonds. The maximum atomic E-state index is 11.3. The van der Waals surface area contributed by atoms with Crippen LogP contribution in [-0.4, -0.2) is 23.0 Å². The highest BCUT2D eigenvalue weighted by atomic mass is 16.5. The second kappa shape index (κ2) is 5.85. The number of carbonyl (C=O) groups excluding carboxylic acids is 1. The number of hydrogen-bond donors (Lipinski definition) is 1. The van der Waals surface area contributed by atoms with Gasteiger partial charge in [0.15, 0.2) is 0 Å². The minimum absolute atomic E-state index is 0.0711. The van der Waals surface area contributed by atoms with E-state index in [1.165, 1.54) is 25.3 Å². The summed E-state index contributed by atoms with van der Waals surface area (Å²) in [6.45, 7) is 6.30. The fraction of sp³-hybridized carbons (Fsp3) is 0.810. The van der Waals surface area contributed by atoms with Crippen molar-refractivity contribution in [2.75, 3.05) is 0 Å². The molecule has 4 heteroatoms. The SMILES string of the molecule is CC(=O)O[C@H]1CC[C@@]2(C)C(=CC[C@H]3[C@H]2CC[C@@]2(C)/C(=N/O)CC[C@H]32)C1. The third-order valence-corrected chi connectivity index (χ3v) is 8.25. The molecule has 138 valence electrons. The summed E-state index contributed by atoms with van der Waals surface area (Å²) < 4.78 is 5.51. The molecule has 0 heterocycles. The smallest absolute Gasteiger partial charge is 0.302 e. The van der Waals surface area contributed by atoms with Crippen molar-refractivity contribution in [1.29, 1.82) is 0 Å². The van der Waals surface area contributed by atoms with Crippen molar-refractivity contribution in [2.45, 2.75) is 78.2 Å². The Bertz CT molecular complexity index is 639. The first-order valence-electron chi connectivity index (χ1n) is 9.96. The monoisotopic (exact) mass is 345 g/mol. The van der Waals surface area contributed by atoms with Gasteiger partial charge in [0, 0.05) is 18.8 Å². The molecule has 0 bridgehead atoms. The lowest BCUT2D eigenvalue weighted by molar-refractivity contribution is -0.148. The third-order valence-electron chi connectivity index (χ3n) is 8.25. The van der Waals surface area contributed by atoms with Crippen molar-refractivity contribution in [3.63, 3.8) is 0 Å². The molecule has 25 heavy (non-hydrogen) atoms. The number of rotatable bonds is 1. The topological polar surface area (TPSA) is 58.9 Å². The number of hydrogen-bond acceptors (Lipinski definition) is 4. The normalized spacial score (nSPS) is 47.5. The third kappa shape index (κ3) is 2.47. The van der Waals surface area contributed by atoms with Crippen LogP contribution in [0.15, 0.2) is 16.8 Å². The van der Waals surface area contributed by atoms with Gasteiger partial charge < -0.3 is 9.94 Å². The first-order valence-corrected chi connectivity index (χ1v) is 9.96. The number of carbonyl (C=O) groups is 1. The minimum atomic E-state index is -0.155. The van der Waals surface area contributed by atoms with Gasteiger partial charge in [-0.2, -0.15) is 0 Å². The minimum Gasteiger partial charge on any atom is -0.462 e. The zero-order valence-electron chi connectivity index (χ0n) is 15.8. The standard InChI is InChI=1S/C21H31NO3/c1-13(23)25-15-8-10-20(2)14(12-15)4-5-16-17-6-7-19(22-24)21(17,3)11-9-18(16)20/h4,15-18,24H,5-12H2,1-3H3/b22-19+/t15-,16+,17+,18+,20-,21+/m0/s1. The van der Waals surface area contributed by atoms with Crippen LogP contribution >= 0.6 is 0 Å². The van der Waals surface area contributed by atoms with Crippen LogP contribution in [0.5, 0.6) is 0 Å². The fourth-order valence-electron chi connectivity index (χ4n) is 6.92. The van der Waals surface area contributed by atoms with Gasteiger partial charge in [-0.1, -0.05) is 30.7 Å². The van der Waals surface area contributed by atoms with Gasteiger partial charge in [-0.15, -0.1) is 0 Å². The van der Waals surface area contributed by atoms with E-state index in [4.69, 9.17) is 4.74 Å². The summed E-state index contributed by atoms with van der Waals surface area (Å²) in [5.74, 6) is 1.93. The average Bonchev–Trinajstić information content (AvgIpc) is 2.91. The molecule has 0 saturated heterocycles. The Balaban J connectivity index is 1.60. The maximum Gasteiger partial charge on any atom is 0.302 e. The lowest BCUT2D eigenvalue weighted by atomic mass is 9.48. The molecule has 4 aliphatic carbocycles. The lowest BCUT2D eigenvalue weighted by Gasteiger charge is -2.57. The predicted octanol–water partition coefficient (Wildman–Crippen LogP) is 4.71. The highest BCUT2D eigenvalue weighted by molar-refractivity contribution is 5.92. The van der Waals surface area contributed by atoms with Gasteiger partial charge in [-0.3, -0.25) is 4.79 Å². The molecule has 4 nitrogen and oxygen atoms in total. The van der Waals surface area contributed by atoms with Gasteiger partial charge in [0.1, 0.15) is 6.10 Å². The molecule has 4 rings (SSSR count). The van der Waals surface area contributed by atoms with Crippen molar-refractivity contribution in [2.24, 2.45) is 33.7 Å². The Kier molecular flexibility index (Phi) is 4.01. The summed E-state index contributed by atoms with van der Waals surface area (Å²) in [6.07, 6.45) is 11.2. The number of ether oxygens (including phenoxy) is 1. The summed E-state index contributed by atoms with van der Waals surface area (Å²) in [7, 11) is 0. The Morgan fingerprint density at radius 3 is 2.64 bits per heavy atom. The molecular weight excluding hydrogens is 314 g/mol. The highest BCUT2D eigenvalue weighted by Gasteiger charge is 2.58. The van der Waals surface area contributed by atoms with Crippen molar-refractivity contribution < 1.29 is 14.7 Å². The predicted molar refractivity (Wildman–Crippen MR) is 96.5 cm³/mol. The fourth-order valence-corrected chi connectivity index (χ4v) is 6.92. The van der Waals surface area contributed by atoms with Crippen molar-refractivity contribution >= 4 is 11.7 Å². The van der Waals surface area contributed by atoms with E-state index in [1.807, 2.05) is 0 Å². The Morgan fingerprint density at radius 1 is 1.20 bits per heavy atom. The number of nitrogens with zero attached hydrogens (tertiary/aromatic N) is 1. The molecule has 0 spiro atoms. The lowest BCUT2D eigenvalue weighted by Crippen LogP contribution is -2.50. The van der Waals surface area contributed by atoms with E-state index in [9.17, 15) is 10.0 Å². The van der Waals surface area contributed by atoms with Crippen molar-refractivity contribution in [3.8, 4) is 0 Å². The molecule has 1 N–H and O–H groups in total. The molecule has 3 fully saturated rings. The Labute approximate surface area is 150 Å². The summed E-state index contributed by atoms with van der Waals surface area (Å²) in [5, 5.41) is 13.1. The van der Waals surface area contributed by atoms with E-state index < -0.39 is 0 Å². The number of fused-ring (bicyclic) bond motifs is 5. The van der Waals surface area contributed by atoms with E-state index in [1.54, 1.807) is 0 Å². The second-order valence-corrected chi connectivity index (χ2v) is 9.28. The Hall–Kier alpha value is -1.32. The van der Waals surface area contributed by atoms with E-state index in [2.05, 4.69) is 25.1 Å². The summed E-state index contributed by atoms with van der Waals surface area (Å²) in [4.78, 5) is 11.3. The molecule has 0 aliphatic heterocycles. The Morgan fingerprint density at radius 2 is 1.92 bits per heavy atom. The van der Waals surface area contributed by atoms with E-state index in [0.717, 1.165) is 50.2 Å². The largest absolute Gasteiger partial charge is 0.462 e. The van der Waals surface area contributed by atoms with Crippen LogP contribution in [0.3, 0.4) is 0 Å². The van der Waals surface area contributed by atoms with Gasteiger partial charge in [0.2, 0.25) is 0 Å². The molecular formula is C21H31NO3. The van der Waals surface area contributed by atoms with Crippen LogP contribution in [0.1, 0.15) is 72.1 Å². The zero-order chi connectivity index (χ0) is 17.8. The van der Waals surface area contributed by atoms with Crippen molar-refractivity contribution in [3.05, 3.63) is 11.6 Å². The molecule has 3 saturated carbocycles. The zero-order valence-corrected chi connectivity index (χ0v) is 15.8. The summed E-state index contributed by atoms with van der Waals surface area (Å²) >= 11 is 0. The van der Waals surface area contributed by atoms with Crippen LogP contribution in [0.25, 0.3) is 0 Å². The quantitative estimate of drug-likeness (QED) is 0.324. The molecule has 4 aliphatic rings. The molecule has 0 aromatic heterocycles. The van der Waals surface area contributed by atoms with Gasteiger partial charge >= 0.3 is 5.97 Å². The molecule has 6 atom stereocenters. The first-order chi connectivity index (χ1) is 11.9. The van der Waals surface area contributed by atoms with Gasteiger partial charge in [0.25, 0.3) is 0 Å². The summed E-state index contributed by atoms with van der Waals surface area (Å²) in [5.41, 5.74) is 2.94. The second-order valence-electron chi connectivity index (χ2n) is 9.28.